The third kappa shape index (κ3) is 5.50. The normalized spacial score (nSPS) is 13.2. The lowest BCUT2D eigenvalue weighted by molar-refractivity contribution is -0.119. The molecule has 0 fully saturated rings. The summed E-state index contributed by atoms with van der Waals surface area (Å²) < 4.78 is 25.5. The van der Waals surface area contributed by atoms with Crippen LogP contribution in [0.15, 0.2) is 48.5 Å². The SMILES string of the molecule is CCc1ccc(N(CC(=O)NCCCN2CCc3ccccc32)S(C)(=O)=O)cc1. The van der Waals surface area contributed by atoms with E-state index in [2.05, 4.69) is 28.4 Å². The lowest BCUT2D eigenvalue weighted by Gasteiger charge is -2.22. The Morgan fingerprint density at radius 2 is 1.86 bits per heavy atom. The number of nitrogens with one attached hydrogen (secondary N) is 1. The topological polar surface area (TPSA) is 69.7 Å². The Balaban J connectivity index is 1.50. The number of aryl methyl sites for hydroxylation is 1. The Kier molecular flexibility index (Phi) is 6.79. The summed E-state index contributed by atoms with van der Waals surface area (Å²) in [5.74, 6) is -0.295. The number of carbonyl (C=O) groups excluding carboxylic acids is 1. The molecular formula is C22H29N3O3S. The fraction of sp³-hybridized carbons (Fsp3) is 0.409. The Morgan fingerprint density at radius 1 is 1.14 bits per heavy atom. The highest BCUT2D eigenvalue weighted by Crippen LogP contribution is 2.27. The Labute approximate surface area is 173 Å². The predicted octanol–water partition coefficient (Wildman–Crippen LogP) is 2.58. The molecule has 1 aliphatic rings. The van der Waals surface area contributed by atoms with Crippen molar-refractivity contribution in [2.75, 3.05) is 41.6 Å². The summed E-state index contributed by atoms with van der Waals surface area (Å²) >= 11 is 0. The number of anilines is 2. The van der Waals surface area contributed by atoms with Crippen molar-refractivity contribution in [3.8, 4) is 0 Å². The third-order valence-electron chi connectivity index (χ3n) is 5.23. The molecule has 2 aromatic carbocycles. The maximum Gasteiger partial charge on any atom is 0.240 e. The van der Waals surface area contributed by atoms with Crippen molar-refractivity contribution < 1.29 is 13.2 Å². The van der Waals surface area contributed by atoms with E-state index in [4.69, 9.17) is 0 Å². The van der Waals surface area contributed by atoms with Gasteiger partial charge in [-0.15, -0.1) is 0 Å². The van der Waals surface area contributed by atoms with E-state index in [0.717, 1.165) is 48.5 Å². The van der Waals surface area contributed by atoms with Crippen LogP contribution in [0, 0.1) is 0 Å². The molecule has 0 saturated carbocycles. The average Bonchev–Trinajstić information content (AvgIpc) is 3.12. The molecular weight excluding hydrogens is 386 g/mol. The van der Waals surface area contributed by atoms with Gasteiger partial charge in [0.25, 0.3) is 0 Å². The highest BCUT2D eigenvalue weighted by molar-refractivity contribution is 7.92. The minimum absolute atomic E-state index is 0.211. The standard InChI is InChI=1S/C22H29N3O3S/c1-3-18-9-11-20(12-10-18)25(29(2,27)28)17-22(26)23-14-6-15-24-16-13-19-7-4-5-8-21(19)24/h4-5,7-12H,3,6,13-17H2,1-2H3,(H,23,26). The van der Waals surface area contributed by atoms with Crippen molar-refractivity contribution in [1.82, 2.24) is 5.32 Å². The summed E-state index contributed by atoms with van der Waals surface area (Å²) in [5, 5.41) is 2.85. The van der Waals surface area contributed by atoms with Gasteiger partial charge in [0.2, 0.25) is 15.9 Å². The van der Waals surface area contributed by atoms with Gasteiger partial charge in [-0.05, 0) is 48.6 Å². The molecule has 1 heterocycles. The second-order valence-electron chi connectivity index (χ2n) is 7.36. The Hall–Kier alpha value is -2.54. The summed E-state index contributed by atoms with van der Waals surface area (Å²) in [7, 11) is -3.55. The van der Waals surface area contributed by atoms with Crippen LogP contribution in [0.1, 0.15) is 24.5 Å². The van der Waals surface area contributed by atoms with Crippen LogP contribution in [0.2, 0.25) is 0 Å². The van der Waals surface area contributed by atoms with Crippen LogP contribution in [0.25, 0.3) is 0 Å². The van der Waals surface area contributed by atoms with Gasteiger partial charge in [0.05, 0.1) is 11.9 Å². The van der Waals surface area contributed by atoms with E-state index in [1.165, 1.54) is 11.3 Å². The number of hydrogen-bond donors (Lipinski definition) is 1. The van der Waals surface area contributed by atoms with E-state index in [-0.39, 0.29) is 12.5 Å². The number of carbonyl (C=O) groups is 1. The molecule has 3 rings (SSSR count). The van der Waals surface area contributed by atoms with Gasteiger partial charge >= 0.3 is 0 Å². The largest absolute Gasteiger partial charge is 0.371 e. The second kappa shape index (κ2) is 9.31. The molecule has 1 N–H and O–H groups in total. The molecule has 0 aliphatic carbocycles. The summed E-state index contributed by atoms with van der Waals surface area (Å²) in [6, 6.07) is 15.7. The lowest BCUT2D eigenvalue weighted by atomic mass is 10.1. The van der Waals surface area contributed by atoms with Crippen molar-refractivity contribution in [1.29, 1.82) is 0 Å². The molecule has 0 saturated heterocycles. The first-order chi connectivity index (χ1) is 13.9. The number of para-hydroxylation sites is 1. The van der Waals surface area contributed by atoms with Gasteiger partial charge in [-0.25, -0.2) is 8.42 Å². The first kappa shape index (κ1) is 21.2. The highest BCUT2D eigenvalue weighted by Gasteiger charge is 2.21. The van der Waals surface area contributed by atoms with E-state index < -0.39 is 10.0 Å². The number of sulfonamides is 1. The van der Waals surface area contributed by atoms with Crippen molar-refractivity contribution in [3.63, 3.8) is 0 Å². The van der Waals surface area contributed by atoms with Gasteiger partial charge in [0, 0.05) is 25.3 Å². The minimum atomic E-state index is -3.55. The maximum atomic E-state index is 12.4. The summed E-state index contributed by atoms with van der Waals surface area (Å²) in [4.78, 5) is 14.7. The van der Waals surface area contributed by atoms with Crippen molar-refractivity contribution in [2.24, 2.45) is 0 Å². The van der Waals surface area contributed by atoms with Gasteiger partial charge in [0.1, 0.15) is 6.54 Å². The van der Waals surface area contributed by atoms with E-state index in [1.54, 1.807) is 12.1 Å². The molecule has 156 valence electrons. The maximum absolute atomic E-state index is 12.4. The van der Waals surface area contributed by atoms with Crippen LogP contribution in [-0.4, -0.2) is 46.8 Å². The van der Waals surface area contributed by atoms with E-state index in [0.29, 0.717) is 12.2 Å². The van der Waals surface area contributed by atoms with Crippen LogP contribution in [0.5, 0.6) is 0 Å². The molecule has 6 nitrogen and oxygen atoms in total. The van der Waals surface area contributed by atoms with Crippen LogP contribution in [0.3, 0.4) is 0 Å². The number of rotatable bonds is 9. The molecule has 1 aliphatic heterocycles. The molecule has 1 amide bonds. The van der Waals surface area contributed by atoms with Gasteiger partial charge in [-0.3, -0.25) is 9.10 Å². The molecule has 0 spiro atoms. The lowest BCUT2D eigenvalue weighted by Crippen LogP contribution is -2.41. The number of amides is 1. The van der Waals surface area contributed by atoms with E-state index >= 15 is 0 Å². The fourth-order valence-corrected chi connectivity index (χ4v) is 4.48. The molecule has 0 atom stereocenters. The van der Waals surface area contributed by atoms with Crippen LogP contribution >= 0.6 is 0 Å². The zero-order chi connectivity index (χ0) is 20.9. The number of nitrogens with zero attached hydrogens (tertiary/aromatic N) is 2. The smallest absolute Gasteiger partial charge is 0.240 e. The molecule has 0 bridgehead atoms. The summed E-state index contributed by atoms with van der Waals surface area (Å²) in [6.45, 7) is 4.22. The first-order valence-corrected chi connectivity index (χ1v) is 11.9. The molecule has 2 aromatic rings. The monoisotopic (exact) mass is 415 g/mol. The van der Waals surface area contributed by atoms with Crippen LogP contribution < -0.4 is 14.5 Å². The molecule has 0 radical (unpaired) electrons. The van der Waals surface area contributed by atoms with Crippen LogP contribution in [-0.2, 0) is 27.7 Å². The number of fused-ring (bicyclic) bond motifs is 1. The zero-order valence-electron chi connectivity index (χ0n) is 17.1. The predicted molar refractivity (Wildman–Crippen MR) is 118 cm³/mol. The van der Waals surface area contributed by atoms with Crippen molar-refractivity contribution in [2.45, 2.75) is 26.2 Å². The number of benzene rings is 2. The van der Waals surface area contributed by atoms with Gasteiger partial charge in [0.15, 0.2) is 0 Å². The second-order valence-corrected chi connectivity index (χ2v) is 9.27. The minimum Gasteiger partial charge on any atom is -0.371 e. The van der Waals surface area contributed by atoms with E-state index in [9.17, 15) is 13.2 Å². The average molecular weight is 416 g/mol. The quantitative estimate of drug-likeness (QED) is 0.639. The Morgan fingerprint density at radius 3 is 2.55 bits per heavy atom. The third-order valence-corrected chi connectivity index (χ3v) is 6.37. The van der Waals surface area contributed by atoms with Gasteiger partial charge in [-0.1, -0.05) is 37.3 Å². The number of hydrogen-bond acceptors (Lipinski definition) is 4. The molecule has 29 heavy (non-hydrogen) atoms. The van der Waals surface area contributed by atoms with Gasteiger partial charge in [-0.2, -0.15) is 0 Å². The van der Waals surface area contributed by atoms with E-state index in [1.807, 2.05) is 25.1 Å². The van der Waals surface area contributed by atoms with Crippen LogP contribution in [0.4, 0.5) is 11.4 Å². The summed E-state index contributed by atoms with van der Waals surface area (Å²) in [6.07, 6.45) is 3.87. The molecule has 7 heteroatoms. The zero-order valence-corrected chi connectivity index (χ0v) is 17.9. The summed E-state index contributed by atoms with van der Waals surface area (Å²) in [5.41, 5.74) is 4.27. The van der Waals surface area contributed by atoms with Gasteiger partial charge < -0.3 is 10.2 Å². The first-order valence-electron chi connectivity index (χ1n) is 10.0. The highest BCUT2D eigenvalue weighted by atomic mass is 32.2. The fourth-order valence-electron chi connectivity index (χ4n) is 3.62. The molecule has 0 aromatic heterocycles. The molecule has 0 unspecified atom stereocenters. The van der Waals surface area contributed by atoms with Crippen molar-refractivity contribution >= 4 is 27.3 Å². The van der Waals surface area contributed by atoms with Crippen molar-refractivity contribution in [3.05, 3.63) is 59.7 Å². The Bertz CT molecular complexity index is 942.